The number of hydrogen-bond acceptors (Lipinski definition) is 3. The van der Waals surface area contributed by atoms with Crippen molar-refractivity contribution in [2.24, 2.45) is 5.41 Å². The highest BCUT2D eigenvalue weighted by atomic mass is 15.2. The monoisotopic (exact) mass is 320 g/mol. The number of fused-ring (bicyclic) bond motifs is 1. The van der Waals surface area contributed by atoms with Gasteiger partial charge >= 0.3 is 0 Å². The molecule has 24 heavy (non-hydrogen) atoms. The fraction of sp³-hybridized carbons (Fsp3) is 0.400. The quantitative estimate of drug-likeness (QED) is 0.783. The van der Waals surface area contributed by atoms with E-state index in [9.17, 15) is 0 Å². The van der Waals surface area contributed by atoms with E-state index in [1.165, 1.54) is 12.0 Å². The number of nitrogens with one attached hydrogen (secondary N) is 1. The van der Waals surface area contributed by atoms with Crippen molar-refractivity contribution < 1.29 is 0 Å². The van der Waals surface area contributed by atoms with Crippen LogP contribution in [-0.4, -0.2) is 27.2 Å². The number of aromatic nitrogens is 3. The van der Waals surface area contributed by atoms with E-state index >= 15 is 0 Å². The molecule has 4 rings (SSSR count). The maximum Gasteiger partial charge on any atom is 0.160 e. The summed E-state index contributed by atoms with van der Waals surface area (Å²) in [6, 6.07) is 17.4. The molecule has 2 atom stereocenters. The van der Waals surface area contributed by atoms with Gasteiger partial charge in [-0.2, -0.15) is 0 Å². The van der Waals surface area contributed by atoms with E-state index in [2.05, 4.69) is 64.1 Å². The summed E-state index contributed by atoms with van der Waals surface area (Å²) in [7, 11) is 0. The van der Waals surface area contributed by atoms with Crippen LogP contribution in [0.2, 0.25) is 0 Å². The number of pyridine rings is 1. The lowest BCUT2D eigenvalue weighted by molar-refractivity contribution is 0.0696. The Balaban J connectivity index is 1.36. The molecule has 0 bridgehead atoms. The fourth-order valence-corrected chi connectivity index (χ4v) is 3.94. The maximum absolute atomic E-state index is 4.31. The van der Waals surface area contributed by atoms with Crippen molar-refractivity contribution in [3.8, 4) is 0 Å². The molecule has 2 aromatic heterocycles. The minimum absolute atomic E-state index is 0.286. The number of nitrogens with zero attached hydrogens (tertiary/aromatic N) is 3. The van der Waals surface area contributed by atoms with Crippen LogP contribution in [0.4, 0.5) is 0 Å². The largest absolute Gasteiger partial charge is 0.313 e. The van der Waals surface area contributed by atoms with Crippen LogP contribution in [0, 0.1) is 5.41 Å². The van der Waals surface area contributed by atoms with Gasteiger partial charge in [-0.1, -0.05) is 50.2 Å². The standard InChI is InChI=1S/C20H24N4/c1-20(2)16(15-8-4-3-5-9-15)14-17(20)21-12-11-19-23-22-18-10-6-7-13-24(18)19/h3-10,13,16-17,21H,11-12,14H2,1-2H3/t16-,17+/m0/s1. The van der Waals surface area contributed by atoms with Gasteiger partial charge in [0.2, 0.25) is 0 Å². The summed E-state index contributed by atoms with van der Waals surface area (Å²) in [5, 5.41) is 12.3. The van der Waals surface area contributed by atoms with Gasteiger partial charge in [0.1, 0.15) is 5.82 Å². The molecule has 0 aliphatic heterocycles. The fourth-order valence-electron chi connectivity index (χ4n) is 3.94. The van der Waals surface area contributed by atoms with Crippen molar-refractivity contribution in [3.05, 3.63) is 66.1 Å². The smallest absolute Gasteiger partial charge is 0.160 e. The van der Waals surface area contributed by atoms with Crippen LogP contribution in [0.5, 0.6) is 0 Å². The van der Waals surface area contributed by atoms with Gasteiger partial charge in [0.05, 0.1) is 0 Å². The summed E-state index contributed by atoms with van der Waals surface area (Å²) in [6.07, 6.45) is 4.13. The zero-order valence-electron chi connectivity index (χ0n) is 14.3. The molecule has 1 N–H and O–H groups in total. The molecule has 1 aliphatic rings. The molecule has 1 aliphatic carbocycles. The van der Waals surface area contributed by atoms with E-state index in [0.717, 1.165) is 24.4 Å². The molecular formula is C20H24N4. The minimum atomic E-state index is 0.286. The first-order chi connectivity index (χ1) is 11.7. The first kappa shape index (κ1) is 15.3. The molecule has 0 unspecified atom stereocenters. The minimum Gasteiger partial charge on any atom is -0.313 e. The average molecular weight is 320 g/mol. The van der Waals surface area contributed by atoms with Gasteiger partial charge < -0.3 is 5.32 Å². The molecule has 0 radical (unpaired) electrons. The van der Waals surface area contributed by atoms with E-state index in [4.69, 9.17) is 0 Å². The van der Waals surface area contributed by atoms with Crippen LogP contribution in [0.25, 0.3) is 5.65 Å². The Labute approximate surface area is 142 Å². The van der Waals surface area contributed by atoms with Crippen LogP contribution < -0.4 is 5.32 Å². The molecule has 0 saturated heterocycles. The Morgan fingerprint density at radius 1 is 1.08 bits per heavy atom. The molecule has 0 amide bonds. The molecule has 1 aromatic carbocycles. The zero-order chi connectivity index (χ0) is 16.6. The van der Waals surface area contributed by atoms with Crippen molar-refractivity contribution in [3.63, 3.8) is 0 Å². The van der Waals surface area contributed by atoms with E-state index < -0.39 is 0 Å². The van der Waals surface area contributed by atoms with Crippen LogP contribution in [0.3, 0.4) is 0 Å². The highest BCUT2D eigenvalue weighted by Gasteiger charge is 2.48. The number of benzene rings is 1. The molecular weight excluding hydrogens is 296 g/mol. The van der Waals surface area contributed by atoms with Crippen molar-refractivity contribution in [2.45, 2.75) is 38.6 Å². The Morgan fingerprint density at radius 3 is 2.67 bits per heavy atom. The van der Waals surface area contributed by atoms with Crippen LogP contribution >= 0.6 is 0 Å². The molecule has 124 valence electrons. The predicted molar refractivity (Wildman–Crippen MR) is 96.1 cm³/mol. The Morgan fingerprint density at radius 2 is 1.88 bits per heavy atom. The Hall–Kier alpha value is -2.20. The van der Waals surface area contributed by atoms with Crippen molar-refractivity contribution in [1.82, 2.24) is 19.9 Å². The number of rotatable bonds is 5. The summed E-state index contributed by atoms with van der Waals surface area (Å²) in [5.41, 5.74) is 2.67. The van der Waals surface area contributed by atoms with Crippen LogP contribution in [0.15, 0.2) is 54.7 Å². The van der Waals surface area contributed by atoms with Crippen molar-refractivity contribution in [2.75, 3.05) is 6.54 Å². The number of hydrogen-bond donors (Lipinski definition) is 1. The molecule has 3 aromatic rings. The third-order valence-corrected chi connectivity index (χ3v) is 5.59. The van der Waals surface area contributed by atoms with Gasteiger partial charge in [0, 0.05) is 25.2 Å². The second kappa shape index (κ2) is 6.02. The molecule has 4 nitrogen and oxygen atoms in total. The van der Waals surface area contributed by atoms with Crippen LogP contribution in [0.1, 0.15) is 37.6 Å². The Kier molecular flexibility index (Phi) is 3.85. The summed E-state index contributed by atoms with van der Waals surface area (Å²) >= 11 is 0. The van der Waals surface area contributed by atoms with E-state index in [0.29, 0.717) is 12.0 Å². The highest BCUT2D eigenvalue weighted by molar-refractivity contribution is 5.37. The average Bonchev–Trinajstić information content (AvgIpc) is 3.01. The van der Waals surface area contributed by atoms with Gasteiger partial charge in [-0.05, 0) is 35.4 Å². The first-order valence-corrected chi connectivity index (χ1v) is 8.73. The maximum atomic E-state index is 4.31. The third kappa shape index (κ3) is 2.61. The van der Waals surface area contributed by atoms with Crippen LogP contribution in [-0.2, 0) is 6.42 Å². The topological polar surface area (TPSA) is 42.2 Å². The molecule has 0 spiro atoms. The van der Waals surface area contributed by atoms with Gasteiger partial charge in [-0.3, -0.25) is 4.40 Å². The normalized spacial score (nSPS) is 22.4. The summed E-state index contributed by atoms with van der Waals surface area (Å²) in [6.45, 7) is 5.68. The molecule has 2 heterocycles. The zero-order valence-corrected chi connectivity index (χ0v) is 14.3. The van der Waals surface area contributed by atoms with Gasteiger partial charge in [0.25, 0.3) is 0 Å². The second-order valence-electron chi connectivity index (χ2n) is 7.32. The molecule has 1 saturated carbocycles. The SMILES string of the molecule is CC1(C)[C@H](NCCc2nnc3ccccn23)C[C@H]1c1ccccc1. The summed E-state index contributed by atoms with van der Waals surface area (Å²) in [5.74, 6) is 1.67. The van der Waals surface area contributed by atoms with Gasteiger partial charge in [-0.25, -0.2) is 0 Å². The molecule has 1 fully saturated rings. The van der Waals surface area contributed by atoms with E-state index in [-0.39, 0.29) is 5.41 Å². The van der Waals surface area contributed by atoms with Crippen molar-refractivity contribution >= 4 is 5.65 Å². The predicted octanol–water partition coefficient (Wildman–Crippen LogP) is 3.44. The van der Waals surface area contributed by atoms with E-state index in [1.807, 2.05) is 24.4 Å². The highest BCUT2D eigenvalue weighted by Crippen LogP contribution is 2.52. The Bertz CT molecular complexity index is 822. The van der Waals surface area contributed by atoms with Crippen molar-refractivity contribution in [1.29, 1.82) is 0 Å². The summed E-state index contributed by atoms with van der Waals surface area (Å²) in [4.78, 5) is 0. The first-order valence-electron chi connectivity index (χ1n) is 8.73. The van der Waals surface area contributed by atoms with Gasteiger partial charge in [0.15, 0.2) is 5.65 Å². The second-order valence-corrected chi connectivity index (χ2v) is 7.32. The lowest BCUT2D eigenvalue weighted by Crippen LogP contribution is -2.55. The lowest BCUT2D eigenvalue weighted by Gasteiger charge is -2.53. The third-order valence-electron chi connectivity index (χ3n) is 5.59. The van der Waals surface area contributed by atoms with E-state index in [1.54, 1.807) is 0 Å². The van der Waals surface area contributed by atoms with Gasteiger partial charge in [-0.15, -0.1) is 10.2 Å². The summed E-state index contributed by atoms with van der Waals surface area (Å²) < 4.78 is 2.07. The lowest BCUT2D eigenvalue weighted by atomic mass is 9.56. The molecule has 4 heteroatoms.